The van der Waals surface area contributed by atoms with Crippen molar-refractivity contribution in [1.29, 1.82) is 0 Å². The molecule has 12 heavy (non-hydrogen) atoms. The van der Waals surface area contributed by atoms with Crippen molar-refractivity contribution < 1.29 is 4.79 Å². The van der Waals surface area contributed by atoms with Crippen molar-refractivity contribution in [1.82, 2.24) is 4.90 Å². The molecule has 1 amide bonds. The molecule has 3 heteroatoms. The van der Waals surface area contributed by atoms with Crippen LogP contribution in [-0.4, -0.2) is 29.6 Å². The summed E-state index contributed by atoms with van der Waals surface area (Å²) in [4.78, 5) is 13.3. The fourth-order valence-corrected chi connectivity index (χ4v) is 1.84. The van der Waals surface area contributed by atoms with Crippen LogP contribution >= 0.6 is 12.6 Å². The van der Waals surface area contributed by atoms with Crippen LogP contribution in [0.2, 0.25) is 0 Å². The first kappa shape index (κ1) is 9.90. The largest absolute Gasteiger partial charge is 0.342 e. The van der Waals surface area contributed by atoms with E-state index >= 15 is 0 Å². The maximum absolute atomic E-state index is 11.4. The zero-order valence-corrected chi connectivity index (χ0v) is 8.68. The van der Waals surface area contributed by atoms with Crippen molar-refractivity contribution in [2.45, 2.75) is 20.3 Å². The van der Waals surface area contributed by atoms with E-state index in [1.807, 2.05) is 4.90 Å². The van der Waals surface area contributed by atoms with Crippen molar-refractivity contribution in [3.8, 4) is 0 Å². The second-order valence-electron chi connectivity index (χ2n) is 3.95. The summed E-state index contributed by atoms with van der Waals surface area (Å²) in [6, 6.07) is 0. The smallest absolute Gasteiger partial charge is 0.222 e. The van der Waals surface area contributed by atoms with Gasteiger partial charge >= 0.3 is 0 Å². The third-order valence-corrected chi connectivity index (χ3v) is 2.65. The number of carbonyl (C=O) groups is 1. The Morgan fingerprint density at radius 3 is 2.75 bits per heavy atom. The van der Waals surface area contributed by atoms with Gasteiger partial charge in [0.05, 0.1) is 0 Å². The van der Waals surface area contributed by atoms with Crippen LogP contribution in [0.1, 0.15) is 20.3 Å². The Balaban J connectivity index is 2.41. The lowest BCUT2D eigenvalue weighted by atomic mass is 10.1. The summed E-state index contributed by atoms with van der Waals surface area (Å²) < 4.78 is 0. The van der Waals surface area contributed by atoms with Gasteiger partial charge in [-0.25, -0.2) is 0 Å². The fraction of sp³-hybridized carbons (Fsp3) is 0.889. The van der Waals surface area contributed by atoms with Gasteiger partial charge in [0.2, 0.25) is 5.91 Å². The van der Waals surface area contributed by atoms with E-state index in [0.29, 0.717) is 24.2 Å². The molecule has 1 fully saturated rings. The first-order valence-corrected chi connectivity index (χ1v) is 5.15. The van der Waals surface area contributed by atoms with Crippen LogP contribution in [-0.2, 0) is 4.79 Å². The maximum Gasteiger partial charge on any atom is 0.222 e. The number of nitrogens with zero attached hydrogens (tertiary/aromatic N) is 1. The van der Waals surface area contributed by atoms with Gasteiger partial charge in [-0.2, -0.15) is 12.6 Å². The van der Waals surface area contributed by atoms with E-state index in [1.54, 1.807) is 0 Å². The molecule has 0 spiro atoms. The molecule has 70 valence electrons. The molecule has 1 rings (SSSR count). The molecule has 0 N–H and O–H groups in total. The summed E-state index contributed by atoms with van der Waals surface area (Å²) >= 11 is 4.21. The molecule has 0 bridgehead atoms. The minimum absolute atomic E-state index is 0.308. The normalized spacial score (nSPS) is 24.2. The van der Waals surface area contributed by atoms with Crippen LogP contribution < -0.4 is 0 Å². The van der Waals surface area contributed by atoms with Gasteiger partial charge in [0.1, 0.15) is 0 Å². The zero-order chi connectivity index (χ0) is 9.14. The van der Waals surface area contributed by atoms with Crippen molar-refractivity contribution in [2.75, 3.05) is 18.8 Å². The SMILES string of the molecule is CC(C)CN1CC(CS)CC1=O. The molecule has 1 saturated heterocycles. The lowest BCUT2D eigenvalue weighted by Crippen LogP contribution is -2.29. The minimum atomic E-state index is 0.308. The summed E-state index contributed by atoms with van der Waals surface area (Å²) in [5, 5.41) is 0. The lowest BCUT2D eigenvalue weighted by molar-refractivity contribution is -0.128. The molecule has 0 radical (unpaired) electrons. The molecule has 0 aromatic carbocycles. The van der Waals surface area contributed by atoms with Crippen LogP contribution in [0, 0.1) is 11.8 Å². The van der Waals surface area contributed by atoms with Gasteiger partial charge in [-0.05, 0) is 17.6 Å². The first-order valence-electron chi connectivity index (χ1n) is 4.52. The molecule has 1 heterocycles. The first-order chi connectivity index (χ1) is 5.63. The molecule has 2 nitrogen and oxygen atoms in total. The Kier molecular flexibility index (Phi) is 3.44. The summed E-state index contributed by atoms with van der Waals surface area (Å²) in [7, 11) is 0. The maximum atomic E-state index is 11.4. The van der Waals surface area contributed by atoms with E-state index in [9.17, 15) is 4.79 Å². The molecule has 1 aliphatic rings. The Morgan fingerprint density at radius 1 is 1.67 bits per heavy atom. The number of amides is 1. The minimum Gasteiger partial charge on any atom is -0.342 e. The van der Waals surface area contributed by atoms with Crippen molar-refractivity contribution in [3.05, 3.63) is 0 Å². The van der Waals surface area contributed by atoms with Gasteiger partial charge in [-0.15, -0.1) is 0 Å². The topological polar surface area (TPSA) is 20.3 Å². The summed E-state index contributed by atoms with van der Waals surface area (Å²) in [5.41, 5.74) is 0. The highest BCUT2D eigenvalue weighted by Gasteiger charge is 2.28. The fourth-order valence-electron chi connectivity index (χ4n) is 1.59. The highest BCUT2D eigenvalue weighted by Crippen LogP contribution is 2.19. The van der Waals surface area contributed by atoms with Crippen LogP contribution in [0.15, 0.2) is 0 Å². The van der Waals surface area contributed by atoms with E-state index in [1.165, 1.54) is 0 Å². The zero-order valence-electron chi connectivity index (χ0n) is 7.79. The number of hydrogen-bond acceptors (Lipinski definition) is 2. The molecular formula is C9H17NOS. The summed E-state index contributed by atoms with van der Waals surface area (Å²) in [5.74, 6) is 2.20. The highest BCUT2D eigenvalue weighted by atomic mass is 32.1. The van der Waals surface area contributed by atoms with Crippen LogP contribution in [0.4, 0.5) is 0 Å². The van der Waals surface area contributed by atoms with E-state index in [2.05, 4.69) is 26.5 Å². The van der Waals surface area contributed by atoms with Gasteiger partial charge < -0.3 is 4.90 Å². The average Bonchev–Trinajstić information content (AvgIpc) is 2.31. The van der Waals surface area contributed by atoms with Crippen LogP contribution in [0.25, 0.3) is 0 Å². The molecule has 1 atom stereocenters. The molecule has 0 aromatic heterocycles. The van der Waals surface area contributed by atoms with E-state index in [0.717, 1.165) is 18.8 Å². The number of likely N-dealkylation sites (tertiary alicyclic amines) is 1. The Hall–Kier alpha value is -0.180. The number of hydrogen-bond donors (Lipinski definition) is 1. The van der Waals surface area contributed by atoms with Gasteiger partial charge in [0.25, 0.3) is 0 Å². The second kappa shape index (κ2) is 4.17. The average molecular weight is 187 g/mol. The van der Waals surface area contributed by atoms with E-state index in [-0.39, 0.29) is 0 Å². The number of rotatable bonds is 3. The number of carbonyl (C=O) groups excluding carboxylic acids is 1. The highest BCUT2D eigenvalue weighted by molar-refractivity contribution is 7.80. The molecule has 0 saturated carbocycles. The van der Waals surface area contributed by atoms with Gasteiger partial charge in [0.15, 0.2) is 0 Å². The third kappa shape index (κ3) is 2.41. The van der Waals surface area contributed by atoms with Gasteiger partial charge in [-0.3, -0.25) is 4.79 Å². The quantitative estimate of drug-likeness (QED) is 0.663. The Morgan fingerprint density at radius 2 is 2.33 bits per heavy atom. The van der Waals surface area contributed by atoms with Gasteiger partial charge in [-0.1, -0.05) is 13.8 Å². The molecule has 1 aliphatic heterocycles. The molecule has 0 aromatic rings. The lowest BCUT2D eigenvalue weighted by Gasteiger charge is -2.18. The second-order valence-corrected chi connectivity index (χ2v) is 4.31. The van der Waals surface area contributed by atoms with Crippen LogP contribution in [0.3, 0.4) is 0 Å². The van der Waals surface area contributed by atoms with Crippen molar-refractivity contribution in [2.24, 2.45) is 11.8 Å². The van der Waals surface area contributed by atoms with Crippen molar-refractivity contribution >= 4 is 18.5 Å². The predicted molar refractivity (Wildman–Crippen MR) is 53.4 cm³/mol. The monoisotopic (exact) mass is 187 g/mol. The van der Waals surface area contributed by atoms with Crippen molar-refractivity contribution in [3.63, 3.8) is 0 Å². The summed E-state index contributed by atoms with van der Waals surface area (Å²) in [6.07, 6.45) is 0.705. The van der Waals surface area contributed by atoms with E-state index < -0.39 is 0 Å². The Labute approximate surface area is 79.7 Å². The number of thiol groups is 1. The summed E-state index contributed by atoms with van der Waals surface area (Å²) in [6.45, 7) is 6.10. The van der Waals surface area contributed by atoms with Crippen LogP contribution in [0.5, 0.6) is 0 Å². The predicted octanol–water partition coefficient (Wildman–Crippen LogP) is 1.42. The molecule has 1 unspecified atom stereocenters. The molecular weight excluding hydrogens is 170 g/mol. The standard InChI is InChI=1S/C9H17NOS/c1-7(2)4-10-5-8(6-12)3-9(10)11/h7-8,12H,3-6H2,1-2H3. The Bertz CT molecular complexity index is 170. The molecule has 0 aliphatic carbocycles. The van der Waals surface area contributed by atoms with Gasteiger partial charge in [0, 0.05) is 19.5 Å². The van der Waals surface area contributed by atoms with E-state index in [4.69, 9.17) is 0 Å². The third-order valence-electron chi connectivity index (χ3n) is 2.14.